The van der Waals surface area contributed by atoms with E-state index in [1.54, 1.807) is 0 Å². The molecule has 0 saturated heterocycles. The minimum Gasteiger partial charge on any atom is -0.359 e. The fraction of sp³-hybridized carbons (Fsp3) is 0.550. The molecule has 2 bridgehead atoms. The normalized spacial score (nSPS) is 34.0. The molecule has 0 heterocycles. The first-order valence-corrected chi connectivity index (χ1v) is 9.37. The van der Waals surface area contributed by atoms with Crippen molar-refractivity contribution in [1.82, 2.24) is 5.32 Å². The Morgan fingerprint density at radius 3 is 2.65 bits per heavy atom. The molecule has 23 heavy (non-hydrogen) atoms. The number of benzene rings is 1. The fourth-order valence-corrected chi connectivity index (χ4v) is 5.27. The van der Waals surface area contributed by atoms with E-state index in [1.807, 2.05) is 0 Å². The van der Waals surface area contributed by atoms with Crippen molar-refractivity contribution in [3.8, 4) is 0 Å². The van der Waals surface area contributed by atoms with E-state index in [-0.39, 0.29) is 0 Å². The van der Waals surface area contributed by atoms with E-state index in [9.17, 15) is 0 Å². The third-order valence-corrected chi connectivity index (χ3v) is 6.38. The van der Waals surface area contributed by atoms with Gasteiger partial charge < -0.3 is 10.6 Å². The van der Waals surface area contributed by atoms with Gasteiger partial charge in [0, 0.05) is 11.7 Å². The van der Waals surface area contributed by atoms with Gasteiger partial charge >= 0.3 is 0 Å². The molecule has 2 saturated carbocycles. The van der Waals surface area contributed by atoms with E-state index in [4.69, 9.17) is 12.2 Å². The number of hydrogen-bond donors (Lipinski definition) is 2. The maximum Gasteiger partial charge on any atom is 0.171 e. The first-order chi connectivity index (χ1) is 11.1. The molecular formula is C20H26N2S. The molecule has 0 spiro atoms. The van der Waals surface area contributed by atoms with E-state index < -0.39 is 0 Å². The van der Waals surface area contributed by atoms with Crippen molar-refractivity contribution in [2.45, 2.75) is 45.1 Å². The highest BCUT2D eigenvalue weighted by atomic mass is 32.1. The van der Waals surface area contributed by atoms with Crippen molar-refractivity contribution in [3.63, 3.8) is 0 Å². The lowest BCUT2D eigenvalue weighted by atomic mass is 9.79. The number of anilines is 1. The number of allylic oxidation sites excluding steroid dienone is 2. The van der Waals surface area contributed by atoms with Crippen LogP contribution in [0.5, 0.6) is 0 Å². The smallest absolute Gasteiger partial charge is 0.171 e. The molecule has 1 aromatic rings. The van der Waals surface area contributed by atoms with E-state index in [0.29, 0.717) is 12.0 Å². The average Bonchev–Trinajstić information content (AvgIpc) is 3.19. The van der Waals surface area contributed by atoms with Crippen molar-refractivity contribution in [2.24, 2.45) is 23.7 Å². The van der Waals surface area contributed by atoms with Gasteiger partial charge in [0.1, 0.15) is 0 Å². The molecule has 0 amide bonds. The monoisotopic (exact) mass is 326 g/mol. The molecule has 0 radical (unpaired) electrons. The summed E-state index contributed by atoms with van der Waals surface area (Å²) < 4.78 is 0. The molecule has 2 nitrogen and oxygen atoms in total. The van der Waals surface area contributed by atoms with Crippen LogP contribution in [0.15, 0.2) is 36.4 Å². The highest BCUT2D eigenvalue weighted by molar-refractivity contribution is 7.80. The second-order valence-electron chi connectivity index (χ2n) is 7.78. The minimum atomic E-state index is 0.555. The Balaban J connectivity index is 1.35. The third kappa shape index (κ3) is 2.80. The molecular weight excluding hydrogens is 300 g/mol. The van der Waals surface area contributed by atoms with Gasteiger partial charge in [0.05, 0.1) is 0 Å². The number of hydrogen-bond acceptors (Lipinski definition) is 1. The quantitative estimate of drug-likeness (QED) is 0.622. The van der Waals surface area contributed by atoms with Crippen LogP contribution in [0.25, 0.3) is 0 Å². The van der Waals surface area contributed by atoms with Crippen molar-refractivity contribution in [3.05, 3.63) is 42.0 Å². The van der Waals surface area contributed by atoms with Gasteiger partial charge in [-0.1, -0.05) is 38.1 Å². The van der Waals surface area contributed by atoms with Gasteiger partial charge in [-0.05, 0) is 78.8 Å². The summed E-state index contributed by atoms with van der Waals surface area (Å²) in [4.78, 5) is 0. The van der Waals surface area contributed by atoms with Gasteiger partial charge in [-0.2, -0.15) is 0 Å². The van der Waals surface area contributed by atoms with E-state index >= 15 is 0 Å². The molecule has 3 aliphatic rings. The van der Waals surface area contributed by atoms with Gasteiger partial charge in [-0.25, -0.2) is 0 Å². The van der Waals surface area contributed by atoms with Crippen LogP contribution in [0.2, 0.25) is 0 Å². The minimum absolute atomic E-state index is 0.555. The maximum absolute atomic E-state index is 5.55. The predicted octanol–water partition coefficient (Wildman–Crippen LogP) is 4.70. The summed E-state index contributed by atoms with van der Waals surface area (Å²) in [6.45, 7) is 4.43. The Hall–Kier alpha value is -1.35. The lowest BCUT2D eigenvalue weighted by molar-refractivity contribution is 0.246. The molecule has 1 aromatic carbocycles. The highest BCUT2D eigenvalue weighted by Crippen LogP contribution is 2.56. The van der Waals surface area contributed by atoms with Crippen molar-refractivity contribution in [1.29, 1.82) is 0 Å². The summed E-state index contributed by atoms with van der Waals surface area (Å²) in [7, 11) is 0. The molecule has 2 fully saturated rings. The zero-order valence-electron chi connectivity index (χ0n) is 14.0. The van der Waals surface area contributed by atoms with Crippen LogP contribution < -0.4 is 10.6 Å². The van der Waals surface area contributed by atoms with Crippen LogP contribution in [0.3, 0.4) is 0 Å². The van der Waals surface area contributed by atoms with Gasteiger partial charge in [0.15, 0.2) is 5.11 Å². The van der Waals surface area contributed by atoms with Gasteiger partial charge in [0.25, 0.3) is 0 Å². The largest absolute Gasteiger partial charge is 0.359 e. The van der Waals surface area contributed by atoms with E-state index in [0.717, 1.165) is 34.5 Å². The van der Waals surface area contributed by atoms with Gasteiger partial charge in [-0.15, -0.1) is 0 Å². The molecule has 122 valence electrons. The molecule has 0 aliphatic heterocycles. The Kier molecular flexibility index (Phi) is 3.92. The molecule has 0 aromatic heterocycles. The van der Waals surface area contributed by atoms with Crippen LogP contribution in [0.4, 0.5) is 5.69 Å². The van der Waals surface area contributed by atoms with Crippen molar-refractivity contribution < 1.29 is 0 Å². The molecule has 4 rings (SSSR count). The SMILES string of the molecule is CC(C)c1ccc(NC(=S)N[C@@H]2C[C@@H]3C[C@@H]2[C@@H]2C=CC[C@@H]32)cc1. The van der Waals surface area contributed by atoms with Crippen molar-refractivity contribution >= 4 is 23.0 Å². The Bertz CT molecular complexity index is 619. The zero-order chi connectivity index (χ0) is 16.0. The summed E-state index contributed by atoms with van der Waals surface area (Å²) in [5.41, 5.74) is 2.44. The lowest BCUT2D eigenvalue weighted by Gasteiger charge is -2.32. The Morgan fingerprint density at radius 1 is 1.13 bits per heavy atom. The second-order valence-corrected chi connectivity index (χ2v) is 8.19. The average molecular weight is 327 g/mol. The zero-order valence-corrected chi connectivity index (χ0v) is 14.8. The Morgan fingerprint density at radius 2 is 1.91 bits per heavy atom. The molecule has 0 unspecified atom stereocenters. The number of thiocarbonyl (C=S) groups is 1. The fourth-order valence-electron chi connectivity index (χ4n) is 5.00. The number of rotatable bonds is 3. The number of nitrogens with one attached hydrogen (secondary N) is 2. The van der Waals surface area contributed by atoms with Gasteiger partial charge in [-0.3, -0.25) is 0 Å². The van der Waals surface area contributed by atoms with Crippen LogP contribution in [-0.4, -0.2) is 11.2 Å². The van der Waals surface area contributed by atoms with Crippen LogP contribution in [0.1, 0.15) is 44.6 Å². The summed E-state index contributed by atoms with van der Waals surface area (Å²) in [5.74, 6) is 4.00. The second kappa shape index (κ2) is 5.94. The molecule has 2 N–H and O–H groups in total. The van der Waals surface area contributed by atoms with Crippen LogP contribution in [0, 0.1) is 23.7 Å². The third-order valence-electron chi connectivity index (χ3n) is 6.16. The summed E-state index contributed by atoms with van der Waals surface area (Å²) in [5, 5.41) is 7.73. The molecule has 3 heteroatoms. The van der Waals surface area contributed by atoms with Crippen LogP contribution >= 0.6 is 12.2 Å². The van der Waals surface area contributed by atoms with E-state index in [2.05, 4.69) is 60.9 Å². The van der Waals surface area contributed by atoms with Crippen LogP contribution in [-0.2, 0) is 0 Å². The van der Waals surface area contributed by atoms with E-state index in [1.165, 1.54) is 24.8 Å². The van der Waals surface area contributed by atoms with Gasteiger partial charge in [0.2, 0.25) is 0 Å². The van der Waals surface area contributed by atoms with Crippen molar-refractivity contribution in [2.75, 3.05) is 5.32 Å². The topological polar surface area (TPSA) is 24.1 Å². The summed E-state index contributed by atoms with van der Waals surface area (Å²) >= 11 is 5.55. The molecule has 3 aliphatic carbocycles. The summed E-state index contributed by atoms with van der Waals surface area (Å²) in [6.07, 6.45) is 8.85. The lowest BCUT2D eigenvalue weighted by Crippen LogP contribution is -2.44. The maximum atomic E-state index is 5.55. The Labute approximate surface area is 144 Å². The molecule has 5 atom stereocenters. The first-order valence-electron chi connectivity index (χ1n) is 8.96. The number of fused-ring (bicyclic) bond motifs is 5. The first kappa shape index (κ1) is 15.2. The summed E-state index contributed by atoms with van der Waals surface area (Å²) in [6, 6.07) is 9.17. The standard InChI is InChI=1S/C20H26N2S/c1-12(2)13-6-8-15(9-7-13)21-20(23)22-19-11-14-10-18(19)17-5-3-4-16(14)17/h3,5-9,12,14,16-19H,4,10-11H2,1-2H3,(H2,21,22,23)/t14-,16-,17+,18+,19+/m0/s1. The highest BCUT2D eigenvalue weighted by Gasteiger charge is 2.52. The predicted molar refractivity (Wildman–Crippen MR) is 101 cm³/mol.